The minimum atomic E-state index is -1.82. The molecule has 5 rings (SSSR count). The van der Waals surface area contributed by atoms with E-state index < -0.39 is 53.5 Å². The molecule has 9 nitrogen and oxygen atoms in total. The third-order valence-electron chi connectivity index (χ3n) is 9.11. The van der Waals surface area contributed by atoms with Gasteiger partial charge in [0.1, 0.15) is 11.5 Å². The average Bonchev–Trinajstić information content (AvgIpc) is 3.25. The van der Waals surface area contributed by atoms with Crippen LogP contribution in [0.5, 0.6) is 0 Å². The number of carboxylic acid groups (broad SMARTS) is 1. The molecule has 3 heterocycles. The van der Waals surface area contributed by atoms with Gasteiger partial charge in [-0.1, -0.05) is 43.2 Å². The Morgan fingerprint density at radius 1 is 1.05 bits per heavy atom. The van der Waals surface area contributed by atoms with Gasteiger partial charge in [0.05, 0.1) is 23.5 Å². The average molecular weight is 553 g/mol. The van der Waals surface area contributed by atoms with Gasteiger partial charge in [-0.15, -0.1) is 0 Å². The molecule has 1 spiro atoms. The molecule has 0 aromatic rings. The molecule has 3 aliphatic heterocycles. The highest BCUT2D eigenvalue weighted by Crippen LogP contribution is 2.67. The number of unbranched alkanes of at least 4 members (excludes halogenated alkanes) is 3. The fraction of sp³-hybridized carbons (Fsp3) is 0.581. The smallest absolute Gasteiger partial charge is 0.343 e. The van der Waals surface area contributed by atoms with Crippen LogP contribution in [0.25, 0.3) is 0 Å². The van der Waals surface area contributed by atoms with Crippen molar-refractivity contribution < 1.29 is 43.3 Å². The highest BCUT2D eigenvalue weighted by molar-refractivity contribution is 6.14. The van der Waals surface area contributed by atoms with E-state index in [4.69, 9.17) is 14.2 Å². The summed E-state index contributed by atoms with van der Waals surface area (Å²) in [5.74, 6) is -7.03. The molecule has 5 bridgehead atoms. The van der Waals surface area contributed by atoms with Gasteiger partial charge in [0.25, 0.3) is 0 Å². The number of aliphatic carboxylic acids is 1. The highest BCUT2D eigenvalue weighted by Gasteiger charge is 2.75. The van der Waals surface area contributed by atoms with E-state index >= 15 is 0 Å². The Labute approximate surface area is 233 Å². The number of carboxylic acids is 1. The number of allylic oxidation sites excluding steroid dienone is 5. The van der Waals surface area contributed by atoms with E-state index in [-0.39, 0.29) is 41.6 Å². The number of carbonyl (C=O) groups is 5. The van der Waals surface area contributed by atoms with Crippen LogP contribution in [0.2, 0.25) is 0 Å². The first-order valence-electron chi connectivity index (χ1n) is 14.3. The van der Waals surface area contributed by atoms with E-state index in [1.165, 1.54) is 0 Å². The maximum Gasteiger partial charge on any atom is 0.343 e. The molecule has 0 amide bonds. The molecule has 5 aliphatic rings. The molecule has 0 radical (unpaired) electrons. The van der Waals surface area contributed by atoms with Gasteiger partial charge in [-0.2, -0.15) is 0 Å². The van der Waals surface area contributed by atoms with Crippen LogP contribution in [-0.4, -0.2) is 46.7 Å². The predicted octanol–water partition coefficient (Wildman–Crippen LogP) is 4.51. The van der Waals surface area contributed by atoms with Crippen molar-refractivity contribution in [2.24, 2.45) is 23.2 Å². The molecule has 2 saturated heterocycles. The number of esters is 3. The fourth-order valence-electron chi connectivity index (χ4n) is 7.40. The number of carbonyl (C=O) groups excluding carboxylic acids is 4. The summed E-state index contributed by atoms with van der Waals surface area (Å²) in [5, 5.41) is 9.90. The number of hydrogen-bond donors (Lipinski definition) is 1. The van der Waals surface area contributed by atoms with E-state index in [9.17, 15) is 29.1 Å². The molecule has 214 valence electrons. The van der Waals surface area contributed by atoms with Crippen LogP contribution in [0.3, 0.4) is 0 Å². The maximum atomic E-state index is 13.7. The number of ether oxygens (including phenoxy) is 3. The largest absolute Gasteiger partial charge is 0.481 e. The normalized spacial score (nSPS) is 34.1. The minimum Gasteiger partial charge on any atom is -0.481 e. The van der Waals surface area contributed by atoms with E-state index in [0.717, 1.165) is 32.1 Å². The summed E-state index contributed by atoms with van der Waals surface area (Å²) in [6.45, 7) is 3.86. The SMILES string of the molecule is C/C=C/CCCCC[C@H]1C=C2[C@@]3(CC(=O)O)CC4=C(C(=O)OC4=O)[C@H]4[C@@H]1C[C@H](C(=O)CC/C=C/C)O[C@@]24OC3=O. The van der Waals surface area contributed by atoms with Gasteiger partial charge in [0.15, 0.2) is 5.78 Å². The first-order valence-corrected chi connectivity index (χ1v) is 14.3. The summed E-state index contributed by atoms with van der Waals surface area (Å²) in [6.07, 6.45) is 13.6. The first-order chi connectivity index (χ1) is 19.2. The van der Waals surface area contributed by atoms with E-state index in [0.29, 0.717) is 18.4 Å². The van der Waals surface area contributed by atoms with Crippen LogP contribution in [0.1, 0.15) is 78.1 Å². The van der Waals surface area contributed by atoms with Gasteiger partial charge < -0.3 is 19.3 Å². The Morgan fingerprint density at radius 2 is 1.80 bits per heavy atom. The van der Waals surface area contributed by atoms with Crippen molar-refractivity contribution in [2.75, 3.05) is 0 Å². The Hall–Kier alpha value is -3.33. The minimum absolute atomic E-state index is 0.0270. The summed E-state index contributed by atoms with van der Waals surface area (Å²) in [7, 11) is 0. The second-order valence-corrected chi connectivity index (χ2v) is 11.5. The van der Waals surface area contributed by atoms with Crippen LogP contribution in [-0.2, 0) is 38.2 Å². The van der Waals surface area contributed by atoms with Gasteiger partial charge in [0, 0.05) is 18.4 Å². The summed E-state index contributed by atoms with van der Waals surface area (Å²) >= 11 is 0. The molecular weight excluding hydrogens is 516 g/mol. The van der Waals surface area contributed by atoms with Crippen molar-refractivity contribution in [2.45, 2.75) is 89.9 Å². The summed E-state index contributed by atoms with van der Waals surface area (Å²) < 4.78 is 17.4. The second-order valence-electron chi connectivity index (χ2n) is 11.5. The molecule has 6 atom stereocenters. The summed E-state index contributed by atoms with van der Waals surface area (Å²) in [6, 6.07) is 0. The lowest BCUT2D eigenvalue weighted by Gasteiger charge is -2.52. The lowest BCUT2D eigenvalue weighted by Crippen LogP contribution is -2.59. The van der Waals surface area contributed by atoms with Crippen LogP contribution < -0.4 is 0 Å². The monoisotopic (exact) mass is 552 g/mol. The molecule has 0 saturated carbocycles. The standard InChI is InChI=1S/C31H36O9/c1-3-5-7-8-9-11-12-18-14-23-30(17-24(33)34)16-20-25(28(36)38-27(20)35)26-19(18)15-22(21(32)13-10-6-4-2)39-31(23,26)40-29(30)37/h3-6,14,18-19,22,26H,7-13,15-17H2,1-2H3,(H,33,34)/b5-3+,6-4+/t18-,19+,22+,26+,30-,31+/m0/s1. The van der Waals surface area contributed by atoms with E-state index in [2.05, 4.69) is 6.08 Å². The number of ketones is 1. The number of cyclic esters (lactones) is 2. The van der Waals surface area contributed by atoms with Crippen LogP contribution in [0.15, 0.2) is 47.1 Å². The van der Waals surface area contributed by atoms with Crippen molar-refractivity contribution in [3.05, 3.63) is 47.1 Å². The number of rotatable bonds is 12. The van der Waals surface area contributed by atoms with E-state index in [1.807, 2.05) is 38.2 Å². The third-order valence-corrected chi connectivity index (χ3v) is 9.11. The highest BCUT2D eigenvalue weighted by atomic mass is 16.7. The Kier molecular flexibility index (Phi) is 7.70. The first kappa shape index (κ1) is 28.2. The molecular formula is C31H36O9. The van der Waals surface area contributed by atoms with Crippen molar-refractivity contribution >= 4 is 29.7 Å². The molecule has 1 N–H and O–H groups in total. The molecule has 0 aromatic heterocycles. The zero-order valence-electron chi connectivity index (χ0n) is 23.0. The predicted molar refractivity (Wildman–Crippen MR) is 141 cm³/mol. The third kappa shape index (κ3) is 4.48. The van der Waals surface area contributed by atoms with Gasteiger partial charge >= 0.3 is 23.9 Å². The molecule has 2 fully saturated rings. The Bertz CT molecular complexity index is 1250. The molecule has 40 heavy (non-hydrogen) atoms. The zero-order valence-corrected chi connectivity index (χ0v) is 23.0. The van der Waals surface area contributed by atoms with Gasteiger partial charge in [-0.25, -0.2) is 9.59 Å². The van der Waals surface area contributed by atoms with Crippen LogP contribution in [0.4, 0.5) is 0 Å². The Balaban J connectivity index is 1.60. The van der Waals surface area contributed by atoms with Gasteiger partial charge in [-0.3, -0.25) is 14.4 Å². The van der Waals surface area contributed by atoms with E-state index in [1.54, 1.807) is 0 Å². The van der Waals surface area contributed by atoms with Gasteiger partial charge in [-0.05, 0) is 57.8 Å². The lowest BCUT2D eigenvalue weighted by molar-refractivity contribution is -0.268. The maximum absolute atomic E-state index is 13.7. The summed E-state index contributed by atoms with van der Waals surface area (Å²) in [4.78, 5) is 65.1. The van der Waals surface area contributed by atoms with Crippen molar-refractivity contribution in [1.29, 1.82) is 0 Å². The van der Waals surface area contributed by atoms with Gasteiger partial charge in [0.2, 0.25) is 5.79 Å². The fourth-order valence-corrected chi connectivity index (χ4v) is 7.40. The Morgan fingerprint density at radius 3 is 2.52 bits per heavy atom. The number of Topliss-reactive ketones (excluding diaryl/α,β-unsaturated/α-hetero) is 1. The molecule has 9 heteroatoms. The zero-order chi connectivity index (χ0) is 28.7. The molecule has 2 aliphatic carbocycles. The van der Waals surface area contributed by atoms with Crippen LogP contribution in [0, 0.1) is 23.2 Å². The topological polar surface area (TPSA) is 133 Å². The second kappa shape index (κ2) is 10.9. The van der Waals surface area contributed by atoms with Crippen molar-refractivity contribution in [3.8, 4) is 0 Å². The summed E-state index contributed by atoms with van der Waals surface area (Å²) in [5.41, 5.74) is -1.25. The number of hydrogen-bond acceptors (Lipinski definition) is 8. The lowest BCUT2D eigenvalue weighted by atomic mass is 9.59. The van der Waals surface area contributed by atoms with Crippen molar-refractivity contribution in [3.63, 3.8) is 0 Å². The van der Waals surface area contributed by atoms with Crippen LogP contribution >= 0.6 is 0 Å². The quantitative estimate of drug-likeness (QED) is 0.161. The van der Waals surface area contributed by atoms with Crippen molar-refractivity contribution in [1.82, 2.24) is 0 Å². The molecule has 0 unspecified atom stereocenters. The molecule has 0 aromatic carbocycles.